The van der Waals surface area contributed by atoms with Crippen molar-refractivity contribution in [3.05, 3.63) is 95.0 Å². The fourth-order valence-corrected chi connectivity index (χ4v) is 9.34. The second-order valence-corrected chi connectivity index (χ2v) is 20.7. The van der Waals surface area contributed by atoms with Crippen LogP contribution < -0.4 is 48.7 Å². The number of carboxylic acid groups (broad SMARTS) is 2. The van der Waals surface area contributed by atoms with Gasteiger partial charge < -0.3 is 73.9 Å². The largest absolute Gasteiger partial charge is 0.508 e. The highest BCUT2D eigenvalue weighted by atomic mass is 32.1. The number of H-pyrrole nitrogens is 1. The van der Waals surface area contributed by atoms with Crippen molar-refractivity contribution in [1.82, 2.24) is 61.7 Å². The summed E-state index contributed by atoms with van der Waals surface area (Å²) in [6, 6.07) is 3.34. The first-order valence-electron chi connectivity index (χ1n) is 26.5. The number of aromatic hydroxyl groups is 1. The predicted molar refractivity (Wildman–Crippen MR) is 296 cm³/mol. The Morgan fingerprint density at radius 1 is 0.744 bits per heavy atom. The van der Waals surface area contributed by atoms with Crippen LogP contribution in [0.5, 0.6) is 5.75 Å². The zero-order valence-corrected chi connectivity index (χ0v) is 46.5. The highest BCUT2D eigenvalue weighted by molar-refractivity contribution is 7.03. The number of aliphatic carboxylic acids is 2. The van der Waals surface area contributed by atoms with Gasteiger partial charge in [0.15, 0.2) is 11.7 Å². The van der Waals surface area contributed by atoms with E-state index in [4.69, 9.17) is 11.5 Å². The zero-order chi connectivity index (χ0) is 60.0. The number of aromatic nitrogens is 4. The number of phenolic OH excluding ortho intramolecular Hbond substituents is 1. The number of guanidine groups is 1. The molecule has 0 spiro atoms. The van der Waals surface area contributed by atoms with Gasteiger partial charge in [0.25, 0.3) is 5.91 Å². The summed E-state index contributed by atoms with van der Waals surface area (Å²) in [5.41, 5.74) is 12.3. The number of imidazole rings is 1. The molecule has 1 fully saturated rings. The number of aromatic amines is 1. The van der Waals surface area contributed by atoms with Gasteiger partial charge in [-0.3, -0.25) is 48.1 Å². The molecule has 0 aliphatic carbocycles. The first-order valence-corrected chi connectivity index (χ1v) is 27.4. The van der Waals surface area contributed by atoms with E-state index < -0.39 is 126 Å². The van der Waals surface area contributed by atoms with Crippen LogP contribution in [0.1, 0.15) is 93.5 Å². The Balaban J connectivity index is 1.38. The standard InChI is InChI=1S/C53H71N15O13S/c1-5-29(4)43(50(78)62-37(23-32-25-56-27-58-32)51(79)68-20-10-14-40(68)48(76)63-38(52(80)81)22-30-11-7-6-8-12-30)65-46(74)35(21-31-15-17-33(69)18-16-31)61-49(77)42(28(2)3)64-44(72)34(13-9-19-57-53(54)55)59-45(73)36(24-41(70)71)60-47(75)39-26-82-67-66-39/h6-8,11-12,15-18,25-29,34-38,40,42-43,69H,5,9-10,13-14,19-24H2,1-4H3,(H,56,58)(H,59,73)(H,60,75)(H,61,77)(H,62,78)(H,63,76)(H,64,72)(H,65,74)(H,70,71)(H,80,81)(H4,54,55,57)/t29-,34-,35-,36-,37-,38-,40-,42-,43-/m0/s1. The Labute approximate surface area is 476 Å². The van der Waals surface area contributed by atoms with Gasteiger partial charge >= 0.3 is 11.9 Å². The van der Waals surface area contributed by atoms with Gasteiger partial charge in [0, 0.05) is 49.6 Å². The summed E-state index contributed by atoms with van der Waals surface area (Å²) in [6.07, 6.45) is 2.45. The van der Waals surface area contributed by atoms with Crippen molar-refractivity contribution in [3.8, 4) is 5.75 Å². The molecule has 2 aromatic heterocycles. The lowest BCUT2D eigenvalue weighted by molar-refractivity contribution is -0.145. The summed E-state index contributed by atoms with van der Waals surface area (Å²) in [5.74, 6) is -11.1. The molecule has 0 saturated carbocycles. The Bertz CT molecular complexity index is 2850. The second kappa shape index (κ2) is 31.1. The summed E-state index contributed by atoms with van der Waals surface area (Å²) in [5, 5.41) is 52.9. The van der Waals surface area contributed by atoms with Gasteiger partial charge in [0.05, 0.1) is 12.7 Å². The lowest BCUT2D eigenvalue weighted by Gasteiger charge is -2.32. The van der Waals surface area contributed by atoms with Crippen molar-refractivity contribution in [3.63, 3.8) is 0 Å². The van der Waals surface area contributed by atoms with E-state index in [1.165, 1.54) is 47.1 Å². The van der Waals surface area contributed by atoms with Gasteiger partial charge in [-0.25, -0.2) is 9.78 Å². The van der Waals surface area contributed by atoms with Crippen molar-refractivity contribution in [2.75, 3.05) is 13.1 Å². The number of amides is 8. The molecule has 1 aliphatic rings. The molecule has 3 heterocycles. The molecule has 2 aromatic carbocycles. The van der Waals surface area contributed by atoms with E-state index in [0.29, 0.717) is 29.7 Å². The number of hydrogen-bond donors (Lipinski definition) is 13. The number of carboxylic acids is 2. The minimum absolute atomic E-state index is 0.00277. The van der Waals surface area contributed by atoms with E-state index in [-0.39, 0.29) is 69.0 Å². The number of hydrogen-bond acceptors (Lipinski definition) is 16. The van der Waals surface area contributed by atoms with Crippen molar-refractivity contribution in [2.24, 2.45) is 28.3 Å². The normalized spacial score (nSPS) is 15.9. The number of phenols is 1. The molecule has 0 bridgehead atoms. The Kier molecular flexibility index (Phi) is 24.2. The van der Waals surface area contributed by atoms with Crippen molar-refractivity contribution in [2.45, 2.75) is 134 Å². The van der Waals surface area contributed by atoms with Gasteiger partial charge in [-0.1, -0.05) is 81.1 Å². The molecule has 15 N–H and O–H groups in total. The number of rotatable bonds is 31. The highest BCUT2D eigenvalue weighted by Gasteiger charge is 2.41. The summed E-state index contributed by atoms with van der Waals surface area (Å²) >= 11 is 0.840. The van der Waals surface area contributed by atoms with Gasteiger partial charge in [-0.05, 0) is 72.3 Å². The minimum Gasteiger partial charge on any atom is -0.508 e. The van der Waals surface area contributed by atoms with Gasteiger partial charge in [-0.15, -0.1) is 5.10 Å². The molecule has 29 heteroatoms. The van der Waals surface area contributed by atoms with Crippen LogP contribution in [-0.2, 0) is 62.4 Å². The summed E-state index contributed by atoms with van der Waals surface area (Å²) in [7, 11) is 0. The van der Waals surface area contributed by atoms with Crippen LogP contribution in [0.25, 0.3) is 0 Å². The van der Waals surface area contributed by atoms with E-state index >= 15 is 0 Å². The number of aliphatic imine (C=N–C) groups is 1. The average Bonchev–Trinajstić information content (AvgIpc) is 4.46. The average molecular weight is 1160 g/mol. The van der Waals surface area contributed by atoms with Crippen LogP contribution >= 0.6 is 11.5 Å². The molecule has 82 heavy (non-hydrogen) atoms. The molecular weight excluding hydrogens is 1090 g/mol. The van der Waals surface area contributed by atoms with Crippen LogP contribution in [0.2, 0.25) is 0 Å². The second-order valence-electron chi connectivity index (χ2n) is 20.1. The number of nitrogens with two attached hydrogens (primary N) is 2. The lowest BCUT2D eigenvalue weighted by Crippen LogP contribution is -2.62. The maximum Gasteiger partial charge on any atom is 0.326 e. The lowest BCUT2D eigenvalue weighted by atomic mass is 9.96. The van der Waals surface area contributed by atoms with E-state index in [2.05, 4.69) is 61.8 Å². The summed E-state index contributed by atoms with van der Waals surface area (Å²) in [4.78, 5) is 149. The molecule has 4 aromatic rings. The topological polar surface area (TPSA) is 438 Å². The summed E-state index contributed by atoms with van der Waals surface area (Å²) in [6.45, 7) is 6.75. The number of carbonyl (C=O) groups is 10. The quantitative estimate of drug-likeness (QED) is 0.0163. The first kappa shape index (κ1) is 63.8. The van der Waals surface area contributed by atoms with E-state index in [1.807, 2.05) is 0 Å². The van der Waals surface area contributed by atoms with Crippen LogP contribution in [-0.4, -0.2) is 166 Å². The highest BCUT2D eigenvalue weighted by Crippen LogP contribution is 2.22. The first-order chi connectivity index (χ1) is 39.0. The monoisotopic (exact) mass is 1160 g/mol. The van der Waals surface area contributed by atoms with Crippen LogP contribution in [0.4, 0.5) is 0 Å². The number of carbonyl (C=O) groups excluding carboxylic acids is 8. The van der Waals surface area contributed by atoms with E-state index in [1.54, 1.807) is 58.0 Å². The molecule has 0 unspecified atom stereocenters. The molecule has 442 valence electrons. The minimum atomic E-state index is -1.70. The SMILES string of the molecule is CC[C@H](C)[C@H](NC(=O)[C@H](Cc1ccc(O)cc1)NC(=O)[C@@H](NC(=O)[C@H](CCCN=C(N)N)NC(=O)[C@H](CC(=O)O)NC(=O)c1csnn1)C(C)C)C(=O)N[C@@H](Cc1cnc[nH]1)C(=O)N1CCC[C@H]1C(=O)N[C@@H](Cc1ccccc1)C(=O)O. The van der Waals surface area contributed by atoms with Crippen LogP contribution in [0, 0.1) is 11.8 Å². The van der Waals surface area contributed by atoms with E-state index in [9.17, 15) is 63.3 Å². The number of nitrogens with one attached hydrogen (secondary N) is 8. The van der Waals surface area contributed by atoms with Gasteiger partial charge in [-0.2, -0.15) is 0 Å². The maximum absolute atomic E-state index is 14.7. The van der Waals surface area contributed by atoms with Crippen molar-refractivity contribution >= 4 is 76.7 Å². The predicted octanol–water partition coefficient (Wildman–Crippen LogP) is -0.992. The summed E-state index contributed by atoms with van der Waals surface area (Å²) < 4.78 is 3.60. The van der Waals surface area contributed by atoms with Crippen molar-refractivity contribution < 1.29 is 63.3 Å². The molecule has 1 aliphatic heterocycles. The van der Waals surface area contributed by atoms with Gasteiger partial charge in [0.2, 0.25) is 41.4 Å². The molecule has 5 rings (SSSR count). The molecule has 1 saturated heterocycles. The maximum atomic E-state index is 14.7. The molecular formula is C53H71N15O13S. The van der Waals surface area contributed by atoms with Crippen LogP contribution in [0.3, 0.4) is 0 Å². The number of likely N-dealkylation sites (tertiary alicyclic amines) is 1. The Hall–Kier alpha value is -9.02. The van der Waals surface area contributed by atoms with Crippen LogP contribution in [0.15, 0.2) is 77.5 Å². The van der Waals surface area contributed by atoms with Gasteiger partial charge in [0.1, 0.15) is 54.1 Å². The fraction of sp³-hybridized carbons (Fsp3) is 0.472. The van der Waals surface area contributed by atoms with Crippen molar-refractivity contribution in [1.29, 1.82) is 0 Å². The third-order valence-corrected chi connectivity index (χ3v) is 14.1. The Morgan fingerprint density at radius 3 is 1.98 bits per heavy atom. The third-order valence-electron chi connectivity index (χ3n) is 13.6. The number of benzene rings is 2. The Morgan fingerprint density at radius 2 is 1.37 bits per heavy atom. The molecule has 8 amide bonds. The van der Waals surface area contributed by atoms with E-state index in [0.717, 1.165) is 11.5 Å². The molecule has 0 radical (unpaired) electrons. The molecule has 9 atom stereocenters. The molecule has 28 nitrogen and oxygen atoms in total. The number of nitrogens with zero attached hydrogens (tertiary/aromatic N) is 5. The smallest absolute Gasteiger partial charge is 0.326 e. The zero-order valence-electron chi connectivity index (χ0n) is 45.7. The fourth-order valence-electron chi connectivity index (χ4n) is 8.91. The third kappa shape index (κ3) is 19.4.